The Bertz CT molecular complexity index is 904. The third-order valence-electron chi connectivity index (χ3n) is 6.80. The number of hydrogen-bond donors (Lipinski definition) is 2. The molecule has 2 aliphatic carbocycles. The molecule has 2 N–H and O–H groups in total. The molecule has 3 rings (SSSR count). The van der Waals surface area contributed by atoms with E-state index in [2.05, 4.69) is 5.32 Å². The molecule has 2 fully saturated rings. The van der Waals surface area contributed by atoms with Crippen molar-refractivity contribution in [2.24, 2.45) is 0 Å². The molecule has 1 atom stereocenters. The number of carbonyl (C=O) groups excluding carboxylic acids is 2. The van der Waals surface area contributed by atoms with Gasteiger partial charge in [0.1, 0.15) is 17.2 Å². The maximum absolute atomic E-state index is 12.5. The third kappa shape index (κ3) is 12.0. The first kappa shape index (κ1) is 32.6. The zero-order chi connectivity index (χ0) is 29.2. The first-order chi connectivity index (χ1) is 18.2. The number of carboxylic acid groups (broad SMARTS) is 1. The van der Waals surface area contributed by atoms with E-state index < -0.39 is 35.3 Å². The maximum Gasteiger partial charge on any atom is 0.415 e. The molecule has 1 amide bonds. The van der Waals surface area contributed by atoms with Crippen LogP contribution in [-0.2, 0) is 14.3 Å². The number of aliphatic carboxylic acids is 1. The molecular weight excluding hydrogens is 496 g/mol. The summed E-state index contributed by atoms with van der Waals surface area (Å²) >= 11 is 0. The van der Waals surface area contributed by atoms with Gasteiger partial charge in [0.15, 0.2) is 0 Å². The lowest BCUT2D eigenvalue weighted by molar-refractivity contribution is -0.138. The van der Waals surface area contributed by atoms with E-state index in [0.717, 1.165) is 17.0 Å². The molecule has 0 radical (unpaired) electrons. The van der Waals surface area contributed by atoms with Gasteiger partial charge in [-0.25, -0.2) is 14.4 Å². The summed E-state index contributed by atoms with van der Waals surface area (Å²) in [4.78, 5) is 37.0. The molecule has 0 spiro atoms. The number of rotatable bonds is 6. The molecule has 1 aromatic rings. The lowest BCUT2D eigenvalue weighted by atomic mass is 9.91. The predicted molar refractivity (Wildman–Crippen MR) is 154 cm³/mol. The van der Waals surface area contributed by atoms with Crippen molar-refractivity contribution in [1.29, 1.82) is 0 Å². The molecule has 1 aromatic carbocycles. The van der Waals surface area contributed by atoms with Crippen LogP contribution >= 0.6 is 0 Å². The number of nitrogens with one attached hydrogen (secondary N) is 1. The van der Waals surface area contributed by atoms with Crippen LogP contribution in [0.15, 0.2) is 24.3 Å². The zero-order valence-electron chi connectivity index (χ0n) is 25.0. The largest absolute Gasteiger partial charge is 0.480 e. The van der Waals surface area contributed by atoms with E-state index in [0.29, 0.717) is 11.3 Å². The van der Waals surface area contributed by atoms with Crippen LogP contribution in [0.5, 0.6) is 0 Å². The Morgan fingerprint density at radius 2 is 1.23 bits per heavy atom. The minimum Gasteiger partial charge on any atom is -0.480 e. The second kappa shape index (κ2) is 14.7. The molecule has 2 saturated carbocycles. The Morgan fingerprint density at radius 1 is 0.795 bits per heavy atom. The van der Waals surface area contributed by atoms with Gasteiger partial charge in [0.05, 0.1) is 5.56 Å². The number of ether oxygens (including phenoxy) is 2. The second-order valence-electron chi connectivity index (χ2n) is 12.7. The van der Waals surface area contributed by atoms with Crippen molar-refractivity contribution in [3.8, 4) is 0 Å². The van der Waals surface area contributed by atoms with Crippen LogP contribution in [0.4, 0.5) is 10.5 Å². The summed E-state index contributed by atoms with van der Waals surface area (Å²) in [5.74, 6) is -1.67. The summed E-state index contributed by atoms with van der Waals surface area (Å²) in [6.45, 7) is 11.8. The summed E-state index contributed by atoms with van der Waals surface area (Å²) in [5, 5.41) is 13.2. The van der Waals surface area contributed by atoms with Gasteiger partial charge in [-0.15, -0.1) is 0 Å². The topological polar surface area (TPSA) is 105 Å². The normalized spacial score (nSPS) is 17.8. The molecule has 0 aliphatic heterocycles. The maximum atomic E-state index is 12.5. The van der Waals surface area contributed by atoms with Crippen LogP contribution in [0.1, 0.15) is 123 Å². The van der Waals surface area contributed by atoms with Gasteiger partial charge < -0.3 is 19.9 Å². The Hall–Kier alpha value is -2.61. The van der Waals surface area contributed by atoms with Crippen molar-refractivity contribution < 1.29 is 29.0 Å². The molecule has 0 heterocycles. The number of benzene rings is 1. The summed E-state index contributed by atoms with van der Waals surface area (Å²) in [5.41, 5.74) is -0.794. The fraction of sp³-hybridized carbons (Fsp3) is 0.710. The SMILES string of the molecule is C1CCC(NC2CCCCC2)CC1.C[C@@H](C(=O)O)N(C(=O)OC(C)(C)C)c1ccc(C(=O)OC(C)(C)C)cc1. The number of carboxylic acids is 1. The van der Waals surface area contributed by atoms with Gasteiger partial charge >= 0.3 is 18.0 Å². The molecule has 0 saturated heterocycles. The highest BCUT2D eigenvalue weighted by Crippen LogP contribution is 2.24. The average molecular weight is 547 g/mol. The first-order valence-corrected chi connectivity index (χ1v) is 14.5. The number of amides is 1. The predicted octanol–water partition coefficient (Wildman–Crippen LogP) is 7.10. The van der Waals surface area contributed by atoms with Crippen molar-refractivity contribution in [3.63, 3.8) is 0 Å². The van der Waals surface area contributed by atoms with E-state index in [1.54, 1.807) is 41.5 Å². The van der Waals surface area contributed by atoms with Gasteiger partial charge in [-0.05, 0) is 98.4 Å². The minimum absolute atomic E-state index is 0.302. The van der Waals surface area contributed by atoms with Gasteiger partial charge in [0.2, 0.25) is 0 Å². The Balaban J connectivity index is 0.000000338. The lowest BCUT2D eigenvalue weighted by Gasteiger charge is -2.30. The van der Waals surface area contributed by atoms with Crippen molar-refractivity contribution in [2.45, 2.75) is 142 Å². The van der Waals surface area contributed by atoms with E-state index in [-0.39, 0.29) is 0 Å². The van der Waals surface area contributed by atoms with Crippen LogP contribution in [0.2, 0.25) is 0 Å². The zero-order valence-corrected chi connectivity index (χ0v) is 25.0. The summed E-state index contributed by atoms with van der Waals surface area (Å²) in [6.07, 6.45) is 13.8. The van der Waals surface area contributed by atoms with E-state index in [4.69, 9.17) is 9.47 Å². The fourth-order valence-corrected chi connectivity index (χ4v) is 4.88. The minimum atomic E-state index is -1.17. The quantitative estimate of drug-likeness (QED) is 0.367. The fourth-order valence-electron chi connectivity index (χ4n) is 4.88. The van der Waals surface area contributed by atoms with Gasteiger partial charge in [0.25, 0.3) is 0 Å². The Kier molecular flexibility index (Phi) is 12.3. The number of carbonyl (C=O) groups is 3. The molecule has 0 unspecified atom stereocenters. The number of nitrogens with zero attached hydrogens (tertiary/aromatic N) is 1. The molecule has 8 nitrogen and oxygen atoms in total. The molecular formula is C31H50N2O6. The monoisotopic (exact) mass is 546 g/mol. The molecule has 39 heavy (non-hydrogen) atoms. The van der Waals surface area contributed by atoms with E-state index in [1.165, 1.54) is 95.4 Å². The number of hydrogen-bond acceptors (Lipinski definition) is 6. The highest BCUT2D eigenvalue weighted by molar-refractivity contribution is 5.96. The van der Waals surface area contributed by atoms with Crippen molar-refractivity contribution >= 4 is 23.7 Å². The van der Waals surface area contributed by atoms with Gasteiger partial charge in [-0.2, -0.15) is 0 Å². The van der Waals surface area contributed by atoms with Crippen molar-refractivity contribution in [3.05, 3.63) is 29.8 Å². The van der Waals surface area contributed by atoms with Crippen LogP contribution in [0, 0.1) is 0 Å². The molecule has 220 valence electrons. The highest BCUT2D eigenvalue weighted by Gasteiger charge is 2.31. The second-order valence-corrected chi connectivity index (χ2v) is 12.7. The smallest absolute Gasteiger partial charge is 0.415 e. The van der Waals surface area contributed by atoms with Crippen molar-refractivity contribution in [2.75, 3.05) is 4.90 Å². The van der Waals surface area contributed by atoms with E-state index in [1.807, 2.05) is 0 Å². The average Bonchev–Trinajstić information content (AvgIpc) is 2.84. The van der Waals surface area contributed by atoms with Crippen LogP contribution in [-0.4, -0.2) is 52.5 Å². The molecule has 0 bridgehead atoms. The van der Waals surface area contributed by atoms with Crippen LogP contribution in [0.3, 0.4) is 0 Å². The third-order valence-corrected chi connectivity index (χ3v) is 6.80. The summed E-state index contributed by atoms with van der Waals surface area (Å²) in [7, 11) is 0. The van der Waals surface area contributed by atoms with Gasteiger partial charge in [0, 0.05) is 17.8 Å². The summed E-state index contributed by atoms with van der Waals surface area (Å²) < 4.78 is 10.6. The summed E-state index contributed by atoms with van der Waals surface area (Å²) in [6, 6.07) is 6.54. The lowest BCUT2D eigenvalue weighted by Crippen LogP contribution is -2.46. The molecule has 8 heteroatoms. The van der Waals surface area contributed by atoms with Crippen LogP contribution in [0.25, 0.3) is 0 Å². The van der Waals surface area contributed by atoms with E-state index in [9.17, 15) is 19.5 Å². The van der Waals surface area contributed by atoms with E-state index >= 15 is 0 Å². The van der Waals surface area contributed by atoms with Gasteiger partial charge in [-0.3, -0.25) is 4.90 Å². The number of anilines is 1. The highest BCUT2D eigenvalue weighted by atomic mass is 16.6. The molecule has 2 aliphatic rings. The number of esters is 1. The Morgan fingerprint density at radius 3 is 1.62 bits per heavy atom. The Labute approximate surface area is 234 Å². The van der Waals surface area contributed by atoms with Crippen LogP contribution < -0.4 is 10.2 Å². The molecule has 0 aromatic heterocycles. The van der Waals surface area contributed by atoms with Gasteiger partial charge in [-0.1, -0.05) is 38.5 Å². The first-order valence-electron chi connectivity index (χ1n) is 14.5. The van der Waals surface area contributed by atoms with Crippen molar-refractivity contribution in [1.82, 2.24) is 5.32 Å². The standard InChI is InChI=1S/C19H27NO6.C12H23N/c1-12(15(21)22)20(17(24)26-19(5,6)7)14-10-8-13(9-11-14)16(23)25-18(2,3)4;1-3-7-11(8-4-1)13-12-9-5-2-6-10-12/h8-12H,1-7H3,(H,21,22);11-13H,1-10H2/t12-;/m0./s1.